The van der Waals surface area contributed by atoms with Gasteiger partial charge in [0.15, 0.2) is 0 Å². The van der Waals surface area contributed by atoms with Crippen LogP contribution in [-0.2, 0) is 6.54 Å². The molecule has 0 aliphatic carbocycles. The Bertz CT molecular complexity index is 389. The molecule has 5 heteroatoms. The first-order valence-corrected chi connectivity index (χ1v) is 6.65. The smallest absolute Gasteiger partial charge is 0.254 e. The first kappa shape index (κ1) is 15.7. The van der Waals surface area contributed by atoms with Crippen LogP contribution >= 0.6 is 0 Å². The van der Waals surface area contributed by atoms with Crippen LogP contribution in [0.25, 0.3) is 0 Å². The zero-order chi connectivity index (χ0) is 14.4. The van der Waals surface area contributed by atoms with Crippen molar-refractivity contribution in [3.05, 3.63) is 23.7 Å². The molecule has 1 atom stereocenters. The van der Waals surface area contributed by atoms with E-state index < -0.39 is 0 Å². The van der Waals surface area contributed by atoms with Gasteiger partial charge in [-0.15, -0.1) is 0 Å². The summed E-state index contributed by atoms with van der Waals surface area (Å²) in [7, 11) is 4.01. The third kappa shape index (κ3) is 5.44. The molecule has 0 radical (unpaired) electrons. The number of nitrogens with one attached hydrogen (secondary N) is 1. The van der Waals surface area contributed by atoms with Gasteiger partial charge in [0.1, 0.15) is 12.0 Å². The number of nitrogens with zero attached hydrogens (tertiary/aromatic N) is 1. The maximum Gasteiger partial charge on any atom is 0.254 e. The van der Waals surface area contributed by atoms with Crippen molar-refractivity contribution >= 4 is 5.91 Å². The highest BCUT2D eigenvalue weighted by Gasteiger charge is 2.17. The van der Waals surface area contributed by atoms with Gasteiger partial charge in [0.05, 0.1) is 12.1 Å². The summed E-state index contributed by atoms with van der Waals surface area (Å²) >= 11 is 0. The SMILES string of the molecule is CC(C)CC(CN(C)C)NC(=O)c1coc(CN)c1. The van der Waals surface area contributed by atoms with E-state index in [2.05, 4.69) is 24.1 Å². The predicted molar refractivity (Wildman–Crippen MR) is 75.9 cm³/mol. The van der Waals surface area contributed by atoms with Crippen LogP contribution in [0.2, 0.25) is 0 Å². The average Bonchev–Trinajstić information content (AvgIpc) is 2.75. The monoisotopic (exact) mass is 267 g/mol. The Balaban J connectivity index is 2.64. The van der Waals surface area contributed by atoms with Gasteiger partial charge in [-0.1, -0.05) is 13.8 Å². The van der Waals surface area contributed by atoms with Gasteiger partial charge in [-0.2, -0.15) is 0 Å². The summed E-state index contributed by atoms with van der Waals surface area (Å²) in [4.78, 5) is 14.2. The number of nitrogens with two attached hydrogens (primary N) is 1. The van der Waals surface area contributed by atoms with Crippen LogP contribution in [0.4, 0.5) is 0 Å². The minimum Gasteiger partial charge on any atom is -0.467 e. The van der Waals surface area contributed by atoms with Crippen molar-refractivity contribution in [1.29, 1.82) is 0 Å². The number of hydrogen-bond donors (Lipinski definition) is 2. The van der Waals surface area contributed by atoms with E-state index in [4.69, 9.17) is 10.2 Å². The topological polar surface area (TPSA) is 71.5 Å². The van der Waals surface area contributed by atoms with E-state index >= 15 is 0 Å². The fraction of sp³-hybridized carbons (Fsp3) is 0.643. The molecule has 1 amide bonds. The molecule has 0 spiro atoms. The normalized spacial score (nSPS) is 13.0. The molecule has 5 nitrogen and oxygen atoms in total. The summed E-state index contributed by atoms with van der Waals surface area (Å²) < 4.78 is 5.18. The van der Waals surface area contributed by atoms with E-state index in [1.807, 2.05) is 14.1 Å². The zero-order valence-electron chi connectivity index (χ0n) is 12.3. The van der Waals surface area contributed by atoms with Gasteiger partial charge < -0.3 is 20.4 Å². The van der Waals surface area contributed by atoms with Crippen molar-refractivity contribution in [3.8, 4) is 0 Å². The van der Waals surface area contributed by atoms with Crippen LogP contribution in [-0.4, -0.2) is 37.5 Å². The molecule has 108 valence electrons. The molecular formula is C14H25N3O2. The standard InChI is InChI=1S/C14H25N3O2/c1-10(2)5-12(8-17(3)4)16-14(18)11-6-13(7-15)19-9-11/h6,9-10,12H,5,7-8,15H2,1-4H3,(H,16,18). The second-order valence-corrected chi connectivity index (χ2v) is 5.57. The molecule has 0 aromatic carbocycles. The summed E-state index contributed by atoms with van der Waals surface area (Å²) in [5.74, 6) is 1.06. The molecule has 1 aromatic rings. The molecular weight excluding hydrogens is 242 g/mol. The Morgan fingerprint density at radius 1 is 1.47 bits per heavy atom. The molecule has 19 heavy (non-hydrogen) atoms. The Morgan fingerprint density at radius 2 is 2.16 bits per heavy atom. The number of carbonyl (C=O) groups is 1. The van der Waals surface area contributed by atoms with Crippen molar-refractivity contribution in [1.82, 2.24) is 10.2 Å². The van der Waals surface area contributed by atoms with E-state index in [0.717, 1.165) is 13.0 Å². The number of furan rings is 1. The summed E-state index contributed by atoms with van der Waals surface area (Å²) in [5.41, 5.74) is 6.00. The largest absolute Gasteiger partial charge is 0.467 e. The van der Waals surface area contributed by atoms with Crippen LogP contribution in [0.3, 0.4) is 0 Å². The zero-order valence-corrected chi connectivity index (χ0v) is 12.3. The maximum atomic E-state index is 12.1. The van der Waals surface area contributed by atoms with Crippen LogP contribution < -0.4 is 11.1 Å². The average molecular weight is 267 g/mol. The Hall–Kier alpha value is -1.33. The highest BCUT2D eigenvalue weighted by molar-refractivity contribution is 5.94. The molecule has 3 N–H and O–H groups in total. The van der Waals surface area contributed by atoms with Crippen molar-refractivity contribution in [2.45, 2.75) is 32.9 Å². The van der Waals surface area contributed by atoms with Crippen molar-refractivity contribution in [2.75, 3.05) is 20.6 Å². The maximum absolute atomic E-state index is 12.1. The van der Waals surface area contributed by atoms with Gasteiger partial charge in [-0.25, -0.2) is 0 Å². The Labute approximate surface area is 115 Å². The molecule has 0 bridgehead atoms. The number of amides is 1. The number of carbonyl (C=O) groups excluding carboxylic acids is 1. The first-order chi connectivity index (χ1) is 8.92. The molecule has 1 rings (SSSR count). The summed E-state index contributed by atoms with van der Waals surface area (Å²) in [6, 6.07) is 1.83. The quantitative estimate of drug-likeness (QED) is 0.784. The minimum atomic E-state index is -0.101. The number of rotatable bonds is 7. The molecule has 0 aliphatic rings. The molecule has 0 saturated heterocycles. The van der Waals surface area contributed by atoms with Crippen molar-refractivity contribution < 1.29 is 9.21 Å². The van der Waals surface area contributed by atoms with Crippen molar-refractivity contribution in [3.63, 3.8) is 0 Å². The summed E-state index contributed by atoms with van der Waals surface area (Å²) in [6.45, 7) is 5.43. The van der Waals surface area contributed by atoms with Crippen molar-refractivity contribution in [2.24, 2.45) is 11.7 Å². The van der Waals surface area contributed by atoms with Gasteiger partial charge in [0.2, 0.25) is 0 Å². The van der Waals surface area contributed by atoms with E-state index in [1.165, 1.54) is 6.26 Å². The lowest BCUT2D eigenvalue weighted by molar-refractivity contribution is 0.0924. The lowest BCUT2D eigenvalue weighted by Crippen LogP contribution is -2.42. The third-order valence-corrected chi connectivity index (χ3v) is 2.79. The third-order valence-electron chi connectivity index (χ3n) is 2.79. The molecule has 0 fully saturated rings. The van der Waals surface area contributed by atoms with Gasteiger partial charge in [0.25, 0.3) is 5.91 Å². The van der Waals surface area contributed by atoms with Gasteiger partial charge >= 0.3 is 0 Å². The van der Waals surface area contributed by atoms with Gasteiger partial charge in [0, 0.05) is 12.6 Å². The van der Waals surface area contributed by atoms with Crippen LogP contribution in [0.5, 0.6) is 0 Å². The predicted octanol–water partition coefficient (Wildman–Crippen LogP) is 1.44. The highest BCUT2D eigenvalue weighted by Crippen LogP contribution is 2.10. The van der Waals surface area contributed by atoms with Gasteiger partial charge in [-0.3, -0.25) is 4.79 Å². The lowest BCUT2D eigenvalue weighted by Gasteiger charge is -2.23. The Kier molecular flexibility index (Phi) is 6.05. The second-order valence-electron chi connectivity index (χ2n) is 5.57. The fourth-order valence-electron chi connectivity index (χ4n) is 2.06. The summed E-state index contributed by atoms with van der Waals surface area (Å²) in [5, 5.41) is 3.05. The van der Waals surface area contributed by atoms with Crippen LogP contribution in [0.1, 0.15) is 36.4 Å². The minimum absolute atomic E-state index is 0.101. The van der Waals surface area contributed by atoms with Crippen LogP contribution in [0.15, 0.2) is 16.7 Å². The molecule has 1 unspecified atom stereocenters. The van der Waals surface area contributed by atoms with E-state index in [1.54, 1.807) is 6.07 Å². The Morgan fingerprint density at radius 3 is 2.63 bits per heavy atom. The number of likely N-dealkylation sites (N-methyl/N-ethyl adjacent to an activating group) is 1. The molecule has 1 aromatic heterocycles. The highest BCUT2D eigenvalue weighted by atomic mass is 16.3. The van der Waals surface area contributed by atoms with Gasteiger partial charge in [-0.05, 0) is 32.5 Å². The molecule has 0 aliphatic heterocycles. The number of hydrogen-bond acceptors (Lipinski definition) is 4. The fourth-order valence-corrected chi connectivity index (χ4v) is 2.06. The summed E-state index contributed by atoms with van der Waals surface area (Å²) in [6.07, 6.45) is 2.41. The second kappa shape index (κ2) is 7.31. The molecule has 0 saturated carbocycles. The first-order valence-electron chi connectivity index (χ1n) is 6.65. The van der Waals surface area contributed by atoms with E-state index in [-0.39, 0.29) is 11.9 Å². The van der Waals surface area contributed by atoms with E-state index in [0.29, 0.717) is 23.8 Å². The lowest BCUT2D eigenvalue weighted by atomic mass is 10.0. The molecule has 1 heterocycles. The van der Waals surface area contributed by atoms with E-state index in [9.17, 15) is 4.79 Å². The van der Waals surface area contributed by atoms with Crippen LogP contribution in [0, 0.1) is 5.92 Å².